The average molecular weight is 317 g/mol. The minimum Gasteiger partial charge on any atom is -0.385 e. The van der Waals surface area contributed by atoms with E-state index in [-0.39, 0.29) is 5.91 Å². The van der Waals surface area contributed by atoms with Gasteiger partial charge in [0, 0.05) is 50.5 Å². The van der Waals surface area contributed by atoms with Gasteiger partial charge in [-0.05, 0) is 56.9 Å². The maximum absolute atomic E-state index is 12.2. The first-order valence-electron chi connectivity index (χ1n) is 9.00. The highest BCUT2D eigenvalue weighted by Crippen LogP contribution is 2.18. The molecule has 1 fully saturated rings. The number of carbonyl (C=O) groups excluding carboxylic acids is 1. The second-order valence-corrected chi connectivity index (χ2v) is 6.48. The number of hydrogen-bond acceptors (Lipinski definition) is 3. The maximum Gasteiger partial charge on any atom is 0.224 e. The van der Waals surface area contributed by atoms with E-state index in [2.05, 4.69) is 55.3 Å². The summed E-state index contributed by atoms with van der Waals surface area (Å²) in [6.07, 6.45) is 2.97. The first-order chi connectivity index (χ1) is 11.1. The van der Waals surface area contributed by atoms with Gasteiger partial charge in [0.05, 0.1) is 0 Å². The molecule has 0 bridgehead atoms. The highest BCUT2D eigenvalue weighted by molar-refractivity contribution is 5.76. The van der Waals surface area contributed by atoms with E-state index in [0.29, 0.717) is 18.9 Å². The van der Waals surface area contributed by atoms with Crippen LogP contribution in [0.15, 0.2) is 24.3 Å². The third kappa shape index (κ3) is 5.15. The van der Waals surface area contributed by atoms with Crippen LogP contribution in [-0.4, -0.2) is 43.5 Å². The van der Waals surface area contributed by atoms with Crippen LogP contribution >= 0.6 is 0 Å². The largest absolute Gasteiger partial charge is 0.385 e. The number of carbonyl (C=O) groups is 1. The zero-order chi connectivity index (χ0) is 16.7. The molecule has 1 atom stereocenters. The van der Waals surface area contributed by atoms with Crippen LogP contribution < -0.4 is 10.2 Å². The zero-order valence-electron chi connectivity index (χ0n) is 14.8. The van der Waals surface area contributed by atoms with E-state index in [9.17, 15) is 4.79 Å². The summed E-state index contributed by atoms with van der Waals surface area (Å²) in [7, 11) is 0. The van der Waals surface area contributed by atoms with Gasteiger partial charge in [-0.15, -0.1) is 0 Å². The Morgan fingerprint density at radius 3 is 2.57 bits per heavy atom. The molecule has 0 aliphatic carbocycles. The average Bonchev–Trinajstić information content (AvgIpc) is 2.57. The number of rotatable bonds is 7. The van der Waals surface area contributed by atoms with E-state index >= 15 is 0 Å². The number of likely N-dealkylation sites (tertiary alicyclic amines) is 1. The summed E-state index contributed by atoms with van der Waals surface area (Å²) in [6, 6.07) is 8.48. The number of hydrogen-bond donors (Lipinski definition) is 1. The lowest BCUT2D eigenvalue weighted by Gasteiger charge is -2.31. The van der Waals surface area contributed by atoms with Gasteiger partial charge in [0.15, 0.2) is 0 Å². The molecule has 1 amide bonds. The van der Waals surface area contributed by atoms with E-state index in [4.69, 9.17) is 0 Å². The Kier molecular flexibility index (Phi) is 6.75. The van der Waals surface area contributed by atoms with Crippen LogP contribution in [0.2, 0.25) is 0 Å². The van der Waals surface area contributed by atoms with Gasteiger partial charge in [-0.25, -0.2) is 0 Å². The van der Waals surface area contributed by atoms with Crippen molar-refractivity contribution in [2.75, 3.05) is 42.9 Å². The number of piperidine rings is 1. The van der Waals surface area contributed by atoms with E-state index in [0.717, 1.165) is 38.3 Å². The normalized spacial score (nSPS) is 17.9. The number of nitrogens with one attached hydrogen (secondary N) is 1. The molecule has 4 heteroatoms. The summed E-state index contributed by atoms with van der Waals surface area (Å²) in [5.41, 5.74) is 2.33. The Hall–Kier alpha value is -1.71. The number of benzene rings is 1. The summed E-state index contributed by atoms with van der Waals surface area (Å²) in [6.45, 7) is 11.2. The summed E-state index contributed by atoms with van der Waals surface area (Å²) < 4.78 is 0. The van der Waals surface area contributed by atoms with Crippen LogP contribution in [0.3, 0.4) is 0 Å². The molecule has 0 spiro atoms. The van der Waals surface area contributed by atoms with Crippen molar-refractivity contribution in [3.63, 3.8) is 0 Å². The summed E-state index contributed by atoms with van der Waals surface area (Å²) in [5.74, 6) is 0.928. The van der Waals surface area contributed by atoms with Gasteiger partial charge in [0.25, 0.3) is 0 Å². The molecule has 1 aromatic rings. The highest BCUT2D eigenvalue weighted by atomic mass is 16.2. The van der Waals surface area contributed by atoms with Gasteiger partial charge < -0.3 is 15.1 Å². The summed E-state index contributed by atoms with van der Waals surface area (Å²) in [4.78, 5) is 16.6. The van der Waals surface area contributed by atoms with Crippen molar-refractivity contribution in [3.05, 3.63) is 24.3 Å². The molecule has 128 valence electrons. The molecule has 1 unspecified atom stereocenters. The van der Waals surface area contributed by atoms with Gasteiger partial charge in [0.2, 0.25) is 5.91 Å². The third-order valence-electron chi connectivity index (χ3n) is 4.67. The predicted molar refractivity (Wildman–Crippen MR) is 98.1 cm³/mol. The SMILES string of the molecule is CCN(CC)c1ccc(NCCC(=O)N2CCCC(C)C2)cc1. The zero-order valence-corrected chi connectivity index (χ0v) is 14.8. The van der Waals surface area contributed by atoms with Crippen molar-refractivity contribution in [1.82, 2.24) is 4.90 Å². The molecule has 0 radical (unpaired) electrons. The van der Waals surface area contributed by atoms with Crippen molar-refractivity contribution >= 4 is 17.3 Å². The molecule has 0 aromatic heterocycles. The molecule has 1 heterocycles. The molecule has 1 aliphatic heterocycles. The fraction of sp³-hybridized carbons (Fsp3) is 0.632. The summed E-state index contributed by atoms with van der Waals surface area (Å²) >= 11 is 0. The Balaban J connectivity index is 1.76. The molecule has 1 N–H and O–H groups in total. The van der Waals surface area contributed by atoms with Gasteiger partial charge >= 0.3 is 0 Å². The molecule has 1 aliphatic rings. The molecular weight excluding hydrogens is 286 g/mol. The molecule has 1 saturated heterocycles. The third-order valence-corrected chi connectivity index (χ3v) is 4.67. The fourth-order valence-electron chi connectivity index (χ4n) is 3.27. The predicted octanol–water partition coefficient (Wildman–Crippen LogP) is 3.59. The lowest BCUT2D eigenvalue weighted by Crippen LogP contribution is -2.39. The van der Waals surface area contributed by atoms with E-state index < -0.39 is 0 Å². The monoisotopic (exact) mass is 317 g/mol. The van der Waals surface area contributed by atoms with E-state index in [1.165, 1.54) is 12.1 Å². The molecule has 0 saturated carbocycles. The number of anilines is 2. The fourth-order valence-corrected chi connectivity index (χ4v) is 3.27. The van der Waals surface area contributed by atoms with Gasteiger partial charge in [-0.3, -0.25) is 4.79 Å². The van der Waals surface area contributed by atoms with Crippen LogP contribution in [0.25, 0.3) is 0 Å². The molecule has 2 rings (SSSR count). The van der Waals surface area contributed by atoms with Crippen molar-refractivity contribution in [1.29, 1.82) is 0 Å². The van der Waals surface area contributed by atoms with Crippen LogP contribution in [0.4, 0.5) is 11.4 Å². The van der Waals surface area contributed by atoms with Crippen LogP contribution in [0.5, 0.6) is 0 Å². The first kappa shape index (κ1) is 17.6. The Labute approximate surface area is 140 Å². The van der Waals surface area contributed by atoms with Crippen molar-refractivity contribution in [2.24, 2.45) is 5.92 Å². The van der Waals surface area contributed by atoms with E-state index in [1.807, 2.05) is 4.90 Å². The number of amides is 1. The van der Waals surface area contributed by atoms with Gasteiger partial charge in [-0.1, -0.05) is 6.92 Å². The maximum atomic E-state index is 12.2. The Morgan fingerprint density at radius 1 is 1.26 bits per heavy atom. The quantitative estimate of drug-likeness (QED) is 0.835. The standard InChI is InChI=1S/C19H31N3O/c1-4-21(5-2)18-10-8-17(9-11-18)20-13-12-19(23)22-14-6-7-16(3)15-22/h8-11,16,20H,4-7,12-15H2,1-3H3. The summed E-state index contributed by atoms with van der Waals surface area (Å²) in [5, 5.41) is 3.36. The van der Waals surface area contributed by atoms with Gasteiger partial charge in [0.1, 0.15) is 0 Å². The topological polar surface area (TPSA) is 35.6 Å². The van der Waals surface area contributed by atoms with E-state index in [1.54, 1.807) is 0 Å². The van der Waals surface area contributed by atoms with Crippen molar-refractivity contribution in [2.45, 2.75) is 40.0 Å². The first-order valence-corrected chi connectivity index (χ1v) is 9.00. The van der Waals surface area contributed by atoms with Gasteiger partial charge in [-0.2, -0.15) is 0 Å². The van der Waals surface area contributed by atoms with Crippen LogP contribution in [0.1, 0.15) is 40.0 Å². The molecule has 23 heavy (non-hydrogen) atoms. The second kappa shape index (κ2) is 8.80. The smallest absolute Gasteiger partial charge is 0.224 e. The second-order valence-electron chi connectivity index (χ2n) is 6.48. The Bertz CT molecular complexity index is 482. The molecule has 1 aromatic carbocycles. The molecular formula is C19H31N3O. The van der Waals surface area contributed by atoms with Crippen LogP contribution in [-0.2, 0) is 4.79 Å². The number of nitrogens with zero attached hydrogens (tertiary/aromatic N) is 2. The van der Waals surface area contributed by atoms with Crippen LogP contribution in [0, 0.1) is 5.92 Å². The van der Waals surface area contributed by atoms with Crippen molar-refractivity contribution in [3.8, 4) is 0 Å². The minimum atomic E-state index is 0.281. The van der Waals surface area contributed by atoms with Crippen molar-refractivity contribution < 1.29 is 4.79 Å². The minimum absolute atomic E-state index is 0.281. The lowest BCUT2D eigenvalue weighted by molar-refractivity contribution is -0.132. The highest BCUT2D eigenvalue weighted by Gasteiger charge is 2.20. The lowest BCUT2D eigenvalue weighted by atomic mass is 10.00. The Morgan fingerprint density at radius 2 is 1.96 bits per heavy atom. The molecule has 4 nitrogen and oxygen atoms in total.